The highest BCUT2D eigenvalue weighted by Crippen LogP contribution is 2.28. The Morgan fingerprint density at radius 2 is 1.53 bits per heavy atom. The van der Waals surface area contributed by atoms with Crippen molar-refractivity contribution in [2.24, 2.45) is 17.6 Å². The van der Waals surface area contributed by atoms with Crippen LogP contribution in [-0.4, -0.2) is 74.5 Å². The summed E-state index contributed by atoms with van der Waals surface area (Å²) in [4.78, 5) is 75.9. The van der Waals surface area contributed by atoms with Crippen molar-refractivity contribution in [1.82, 2.24) is 21.3 Å². The van der Waals surface area contributed by atoms with Crippen molar-refractivity contribution in [1.29, 1.82) is 0 Å². The zero-order valence-electron chi connectivity index (χ0n) is 29.0. The third kappa shape index (κ3) is 14.0. The van der Waals surface area contributed by atoms with Gasteiger partial charge in [-0.05, 0) is 80.2 Å². The summed E-state index contributed by atoms with van der Waals surface area (Å²) in [6.07, 6.45) is 4.37. The van der Waals surface area contributed by atoms with Crippen LogP contribution in [-0.2, 0) is 44.1 Å². The molecule has 5 unspecified atom stereocenters. The molecule has 4 amide bonds. The standard InChI is InChI=1S/C34H50BN5O9P2/c1-35-47-32(44)27(15-16-29(41)48-50)40-34(46)39-26(33(45)49-51)8-4-5-17-37-31(43)28(38-30(42)24-13-9-21(20-36)10-14-24)19-22-11-12-23-6-2-3-7-25(23)18-22/h2-3,6-7,11-12,18,21,24,26-28,35H,4-5,8-10,13-17,19-20,36,50-51H2,1H3,(H,37,43)(H,38,42)(H2,39,40,46). The molecule has 3 rings (SSSR count). The maximum Gasteiger partial charge on any atom is 0.340 e. The highest BCUT2D eigenvalue weighted by molar-refractivity contribution is 7.11. The molecule has 1 aliphatic rings. The van der Waals surface area contributed by atoms with Crippen LogP contribution < -0.4 is 27.0 Å². The zero-order valence-corrected chi connectivity index (χ0v) is 31.3. The summed E-state index contributed by atoms with van der Waals surface area (Å²) in [7, 11) is 3.73. The Morgan fingerprint density at radius 1 is 0.843 bits per heavy atom. The molecule has 6 N–H and O–H groups in total. The summed E-state index contributed by atoms with van der Waals surface area (Å²) in [5.41, 5.74) is 6.74. The van der Waals surface area contributed by atoms with Gasteiger partial charge in [0.15, 0.2) is 0 Å². The Kier molecular flexibility index (Phi) is 18.1. The Morgan fingerprint density at radius 3 is 2.18 bits per heavy atom. The van der Waals surface area contributed by atoms with Gasteiger partial charge in [-0.2, -0.15) is 0 Å². The van der Waals surface area contributed by atoms with Crippen LogP contribution in [0.25, 0.3) is 10.8 Å². The number of urea groups is 1. The lowest BCUT2D eigenvalue weighted by Gasteiger charge is -2.28. The monoisotopic (exact) mass is 745 g/mol. The highest BCUT2D eigenvalue weighted by Gasteiger charge is 2.30. The van der Waals surface area contributed by atoms with Crippen molar-refractivity contribution >= 4 is 72.9 Å². The number of benzene rings is 2. The van der Waals surface area contributed by atoms with Gasteiger partial charge in [0.1, 0.15) is 18.1 Å². The molecule has 278 valence electrons. The van der Waals surface area contributed by atoms with Crippen molar-refractivity contribution < 1.29 is 42.5 Å². The van der Waals surface area contributed by atoms with Crippen molar-refractivity contribution in [3.05, 3.63) is 48.0 Å². The van der Waals surface area contributed by atoms with Gasteiger partial charge < -0.3 is 40.7 Å². The number of amides is 4. The first-order chi connectivity index (χ1) is 24.6. The lowest BCUT2D eigenvalue weighted by Crippen LogP contribution is -2.51. The first-order valence-electron chi connectivity index (χ1n) is 17.4. The summed E-state index contributed by atoms with van der Waals surface area (Å²) in [5, 5.41) is 13.0. The molecule has 1 fully saturated rings. The van der Waals surface area contributed by atoms with E-state index >= 15 is 0 Å². The molecule has 0 spiro atoms. The SMILES string of the molecule is CBOC(=O)C(CCC(=O)OP)NC(=O)NC(CCCCNC(=O)C(Cc1ccc2ccccc2c1)NC(=O)C1CCC(CN)CC1)C(=O)OP. The summed E-state index contributed by atoms with van der Waals surface area (Å²) < 4.78 is 14.3. The number of hydrogen-bond donors (Lipinski definition) is 5. The molecule has 2 aromatic rings. The number of nitrogens with two attached hydrogens (primary N) is 1. The zero-order chi connectivity index (χ0) is 37.2. The number of carbonyl (C=O) groups excluding carboxylic acids is 6. The minimum atomic E-state index is -1.15. The average molecular weight is 746 g/mol. The van der Waals surface area contributed by atoms with Gasteiger partial charge in [0, 0.05) is 25.3 Å². The van der Waals surface area contributed by atoms with E-state index in [1.165, 1.54) is 0 Å². The second-order valence-electron chi connectivity index (χ2n) is 12.6. The van der Waals surface area contributed by atoms with E-state index < -0.39 is 42.1 Å². The van der Waals surface area contributed by atoms with E-state index in [1.54, 1.807) is 6.82 Å². The highest BCUT2D eigenvalue weighted by atomic mass is 31.0. The van der Waals surface area contributed by atoms with E-state index in [1.807, 2.05) is 61.4 Å². The molecule has 51 heavy (non-hydrogen) atoms. The van der Waals surface area contributed by atoms with Crippen LogP contribution >= 0.6 is 18.9 Å². The van der Waals surface area contributed by atoms with Crippen LogP contribution in [0.5, 0.6) is 0 Å². The lowest BCUT2D eigenvalue weighted by molar-refractivity contribution is -0.137. The van der Waals surface area contributed by atoms with E-state index in [2.05, 4.69) is 25.8 Å². The molecule has 2 aromatic carbocycles. The Balaban J connectivity index is 1.57. The number of rotatable bonds is 19. The van der Waals surface area contributed by atoms with Crippen LogP contribution in [0.15, 0.2) is 42.5 Å². The second kappa shape index (κ2) is 22.2. The van der Waals surface area contributed by atoms with E-state index in [0.717, 1.165) is 42.0 Å². The van der Waals surface area contributed by atoms with E-state index in [-0.39, 0.29) is 51.0 Å². The Bertz CT molecular complexity index is 1500. The maximum absolute atomic E-state index is 13.5. The molecule has 0 heterocycles. The van der Waals surface area contributed by atoms with Gasteiger partial charge in [-0.1, -0.05) is 49.3 Å². The molecule has 0 aromatic heterocycles. The smallest absolute Gasteiger partial charge is 0.340 e. The van der Waals surface area contributed by atoms with Crippen LogP contribution in [0.2, 0.25) is 6.82 Å². The van der Waals surface area contributed by atoms with Crippen LogP contribution in [0.1, 0.15) is 63.4 Å². The molecular weight excluding hydrogens is 695 g/mol. The Labute approximate surface area is 304 Å². The average Bonchev–Trinajstić information content (AvgIpc) is 3.14. The molecule has 1 aliphatic carbocycles. The summed E-state index contributed by atoms with van der Waals surface area (Å²) in [5.74, 6) is -2.26. The van der Waals surface area contributed by atoms with Crippen LogP contribution in [0, 0.1) is 11.8 Å². The van der Waals surface area contributed by atoms with Gasteiger partial charge in [-0.25, -0.2) is 9.59 Å². The fourth-order valence-corrected chi connectivity index (χ4v) is 6.35. The fraction of sp³-hybridized carbons (Fsp3) is 0.529. The molecule has 17 heteroatoms. The first kappa shape index (κ1) is 41.6. The molecule has 0 aliphatic heterocycles. The molecule has 14 nitrogen and oxygen atoms in total. The molecule has 0 radical (unpaired) electrons. The van der Waals surface area contributed by atoms with E-state index in [0.29, 0.717) is 31.7 Å². The van der Waals surface area contributed by atoms with Crippen LogP contribution in [0.3, 0.4) is 0 Å². The number of fused-ring (bicyclic) bond motifs is 1. The summed E-state index contributed by atoms with van der Waals surface area (Å²) in [6.45, 7) is 2.48. The van der Waals surface area contributed by atoms with Gasteiger partial charge >= 0.3 is 31.4 Å². The van der Waals surface area contributed by atoms with Gasteiger partial charge in [0.25, 0.3) is 0 Å². The molecule has 1 saturated carbocycles. The van der Waals surface area contributed by atoms with Crippen molar-refractivity contribution in [2.75, 3.05) is 13.1 Å². The predicted octanol–water partition coefficient (Wildman–Crippen LogP) is 2.34. The minimum Gasteiger partial charge on any atom is -0.539 e. The summed E-state index contributed by atoms with van der Waals surface area (Å²) >= 11 is 0. The molecule has 0 bridgehead atoms. The largest absolute Gasteiger partial charge is 0.539 e. The third-order valence-electron chi connectivity index (χ3n) is 9.01. The third-order valence-corrected chi connectivity index (χ3v) is 9.50. The van der Waals surface area contributed by atoms with Gasteiger partial charge in [-0.3, -0.25) is 19.2 Å². The molecule has 0 saturated heterocycles. The second-order valence-corrected chi connectivity index (χ2v) is 13.1. The molecule has 5 atom stereocenters. The summed E-state index contributed by atoms with van der Waals surface area (Å²) in [6, 6.07) is 10.1. The number of unbranched alkanes of at least 4 members (excludes halogenated alkanes) is 1. The molecular formula is C34H50BN5O9P2. The van der Waals surface area contributed by atoms with Gasteiger partial charge in [0.2, 0.25) is 11.8 Å². The maximum atomic E-state index is 13.5. The van der Waals surface area contributed by atoms with Crippen molar-refractivity contribution in [2.45, 2.75) is 89.2 Å². The van der Waals surface area contributed by atoms with Gasteiger partial charge in [-0.15, -0.1) is 0 Å². The topological polar surface area (TPSA) is 204 Å². The van der Waals surface area contributed by atoms with Crippen LogP contribution in [0.4, 0.5) is 4.79 Å². The first-order valence-corrected chi connectivity index (χ1v) is 18.3. The number of hydrogen-bond acceptors (Lipinski definition) is 10. The quantitative estimate of drug-likeness (QED) is 0.0807. The van der Waals surface area contributed by atoms with Crippen molar-refractivity contribution in [3.8, 4) is 0 Å². The predicted molar refractivity (Wildman–Crippen MR) is 200 cm³/mol. The Hall–Kier alpha value is -3.80. The van der Waals surface area contributed by atoms with Crippen molar-refractivity contribution in [3.63, 3.8) is 0 Å². The van der Waals surface area contributed by atoms with Gasteiger partial charge in [0.05, 0.1) is 18.9 Å². The number of carbonyl (C=O) groups is 6. The normalized spacial score (nSPS) is 17.2. The fourth-order valence-electron chi connectivity index (χ4n) is 6.07. The lowest BCUT2D eigenvalue weighted by atomic mass is 9.81. The number of nitrogens with one attached hydrogen (secondary N) is 4. The van der Waals surface area contributed by atoms with E-state index in [4.69, 9.17) is 14.9 Å². The minimum absolute atomic E-state index is 0.0674. The van der Waals surface area contributed by atoms with E-state index in [9.17, 15) is 28.8 Å².